The van der Waals surface area contributed by atoms with Gasteiger partial charge in [0.15, 0.2) is 23.1 Å². The highest BCUT2D eigenvalue weighted by molar-refractivity contribution is 5.94. The monoisotopic (exact) mass is 279 g/mol. The summed E-state index contributed by atoms with van der Waals surface area (Å²) in [5, 5.41) is 3.77. The topological polar surface area (TPSA) is 61.6 Å². The zero-order valence-electron chi connectivity index (χ0n) is 11.2. The maximum absolute atomic E-state index is 13.7. The fourth-order valence-corrected chi connectivity index (χ4v) is 1.62. The highest BCUT2D eigenvalue weighted by Gasteiger charge is 2.09. The van der Waals surface area contributed by atoms with Crippen molar-refractivity contribution in [3.8, 4) is 5.75 Å². The van der Waals surface area contributed by atoms with E-state index in [1.807, 2.05) is 0 Å². The van der Waals surface area contributed by atoms with Gasteiger partial charge in [0.2, 0.25) is 0 Å². The van der Waals surface area contributed by atoms with E-state index in [1.165, 1.54) is 19.1 Å². The normalized spacial score (nSPS) is 10.6. The number of carbonyl (C=O) groups is 1. The number of halogens is 1. The summed E-state index contributed by atoms with van der Waals surface area (Å²) < 4.78 is 28.9. The van der Waals surface area contributed by atoms with Gasteiger partial charge in [0.1, 0.15) is 18.9 Å². The van der Waals surface area contributed by atoms with Crippen LogP contribution < -0.4 is 4.74 Å². The van der Waals surface area contributed by atoms with Gasteiger partial charge in [0.25, 0.3) is 0 Å². The van der Waals surface area contributed by atoms with Gasteiger partial charge in [0, 0.05) is 18.7 Å². The minimum atomic E-state index is -0.585. The van der Waals surface area contributed by atoms with E-state index in [0.717, 1.165) is 6.07 Å². The minimum absolute atomic E-state index is 0.0614. The van der Waals surface area contributed by atoms with Crippen LogP contribution in [0.4, 0.5) is 4.39 Å². The van der Waals surface area contributed by atoms with E-state index < -0.39 is 5.82 Å². The van der Waals surface area contributed by atoms with Crippen LogP contribution >= 0.6 is 0 Å². The summed E-state index contributed by atoms with van der Waals surface area (Å²) >= 11 is 0. The van der Waals surface area contributed by atoms with Crippen LogP contribution in [0.25, 0.3) is 0 Å². The van der Waals surface area contributed by atoms with E-state index in [9.17, 15) is 9.18 Å². The Morgan fingerprint density at radius 1 is 1.35 bits per heavy atom. The van der Waals surface area contributed by atoms with Crippen molar-refractivity contribution < 1.29 is 23.2 Å². The molecule has 0 N–H and O–H groups in total. The SMILES string of the molecule is COCc1cc(COc2ccc(C(C)=O)cc2F)no1. The summed E-state index contributed by atoms with van der Waals surface area (Å²) in [5.74, 6) is -0.153. The Labute approximate surface area is 115 Å². The van der Waals surface area contributed by atoms with Gasteiger partial charge in [-0.15, -0.1) is 0 Å². The Morgan fingerprint density at radius 2 is 2.15 bits per heavy atom. The van der Waals surface area contributed by atoms with Crippen molar-refractivity contribution in [3.05, 3.63) is 47.1 Å². The maximum atomic E-state index is 13.7. The third kappa shape index (κ3) is 3.42. The molecule has 2 aromatic rings. The van der Waals surface area contributed by atoms with Gasteiger partial charge in [-0.2, -0.15) is 0 Å². The molecular formula is C14H14FNO4. The molecule has 1 heterocycles. The lowest BCUT2D eigenvalue weighted by atomic mass is 10.1. The molecule has 0 saturated carbocycles. The molecule has 0 aliphatic rings. The molecule has 0 unspecified atom stereocenters. The van der Waals surface area contributed by atoms with Crippen LogP contribution in [-0.4, -0.2) is 18.0 Å². The third-order valence-corrected chi connectivity index (χ3v) is 2.61. The molecule has 0 bridgehead atoms. The van der Waals surface area contributed by atoms with Gasteiger partial charge in [-0.3, -0.25) is 4.79 Å². The number of hydrogen-bond donors (Lipinski definition) is 0. The van der Waals surface area contributed by atoms with Crippen LogP contribution in [0.3, 0.4) is 0 Å². The molecule has 106 valence electrons. The van der Waals surface area contributed by atoms with Gasteiger partial charge >= 0.3 is 0 Å². The Morgan fingerprint density at radius 3 is 2.80 bits per heavy atom. The predicted octanol–water partition coefficient (Wildman–Crippen LogP) is 2.74. The lowest BCUT2D eigenvalue weighted by Crippen LogP contribution is -1.99. The molecular weight excluding hydrogens is 265 g/mol. The number of benzene rings is 1. The van der Waals surface area contributed by atoms with E-state index in [0.29, 0.717) is 23.6 Å². The number of nitrogens with zero attached hydrogens (tertiary/aromatic N) is 1. The number of ketones is 1. The lowest BCUT2D eigenvalue weighted by Gasteiger charge is -2.06. The van der Waals surface area contributed by atoms with Crippen molar-refractivity contribution in [1.29, 1.82) is 0 Å². The summed E-state index contributed by atoms with van der Waals surface area (Å²) in [4.78, 5) is 11.1. The quantitative estimate of drug-likeness (QED) is 0.761. The van der Waals surface area contributed by atoms with E-state index in [4.69, 9.17) is 14.0 Å². The van der Waals surface area contributed by atoms with Crippen LogP contribution in [-0.2, 0) is 18.0 Å². The molecule has 0 amide bonds. The third-order valence-electron chi connectivity index (χ3n) is 2.61. The zero-order chi connectivity index (χ0) is 14.5. The van der Waals surface area contributed by atoms with Crippen LogP contribution in [0.5, 0.6) is 5.75 Å². The van der Waals surface area contributed by atoms with Crippen molar-refractivity contribution in [3.63, 3.8) is 0 Å². The van der Waals surface area contributed by atoms with Gasteiger partial charge in [-0.25, -0.2) is 4.39 Å². The molecule has 0 aliphatic carbocycles. The summed E-state index contributed by atoms with van der Waals surface area (Å²) in [6.07, 6.45) is 0. The first-order chi connectivity index (χ1) is 9.60. The Kier molecular flexibility index (Phi) is 4.47. The van der Waals surface area contributed by atoms with Crippen molar-refractivity contribution in [2.24, 2.45) is 0 Å². The summed E-state index contributed by atoms with van der Waals surface area (Å²) in [5.41, 5.74) is 0.839. The van der Waals surface area contributed by atoms with Gasteiger partial charge in [0.05, 0.1) is 0 Å². The highest BCUT2D eigenvalue weighted by atomic mass is 19.1. The fourth-order valence-electron chi connectivity index (χ4n) is 1.62. The first kappa shape index (κ1) is 14.2. The zero-order valence-corrected chi connectivity index (χ0v) is 11.2. The first-order valence-electron chi connectivity index (χ1n) is 5.97. The molecule has 6 heteroatoms. The maximum Gasteiger partial charge on any atom is 0.165 e. The average molecular weight is 279 g/mol. The van der Waals surface area contributed by atoms with Crippen LogP contribution in [0, 0.1) is 5.82 Å². The smallest absolute Gasteiger partial charge is 0.165 e. The van der Waals surface area contributed by atoms with Crippen molar-refractivity contribution in [2.75, 3.05) is 7.11 Å². The van der Waals surface area contributed by atoms with E-state index in [2.05, 4.69) is 5.16 Å². The predicted molar refractivity (Wildman–Crippen MR) is 68.0 cm³/mol. The van der Waals surface area contributed by atoms with Crippen LogP contribution in [0.1, 0.15) is 28.7 Å². The minimum Gasteiger partial charge on any atom is -0.484 e. The van der Waals surface area contributed by atoms with Gasteiger partial charge in [-0.05, 0) is 25.1 Å². The highest BCUT2D eigenvalue weighted by Crippen LogP contribution is 2.20. The van der Waals surface area contributed by atoms with Crippen LogP contribution in [0.15, 0.2) is 28.8 Å². The van der Waals surface area contributed by atoms with E-state index >= 15 is 0 Å². The van der Waals surface area contributed by atoms with E-state index in [-0.39, 0.29) is 18.1 Å². The molecule has 1 aromatic carbocycles. The van der Waals surface area contributed by atoms with Gasteiger partial charge < -0.3 is 14.0 Å². The Balaban J connectivity index is 2.01. The second kappa shape index (κ2) is 6.29. The second-order valence-electron chi connectivity index (χ2n) is 4.21. The summed E-state index contributed by atoms with van der Waals surface area (Å²) in [6.45, 7) is 1.76. The number of Topliss-reactive ketones (excluding diaryl/α,β-unsaturated/α-hetero) is 1. The molecule has 0 aliphatic heterocycles. The molecule has 0 fully saturated rings. The average Bonchev–Trinajstić information content (AvgIpc) is 2.85. The molecule has 2 rings (SSSR count). The number of methoxy groups -OCH3 is 1. The molecule has 1 aromatic heterocycles. The Hall–Kier alpha value is -2.21. The number of rotatable bonds is 6. The lowest BCUT2D eigenvalue weighted by molar-refractivity contribution is 0.101. The molecule has 20 heavy (non-hydrogen) atoms. The van der Waals surface area contributed by atoms with Crippen molar-refractivity contribution in [2.45, 2.75) is 20.1 Å². The van der Waals surface area contributed by atoms with Crippen molar-refractivity contribution in [1.82, 2.24) is 5.16 Å². The van der Waals surface area contributed by atoms with E-state index in [1.54, 1.807) is 13.2 Å². The van der Waals surface area contributed by atoms with Crippen molar-refractivity contribution >= 4 is 5.78 Å². The fraction of sp³-hybridized carbons (Fsp3) is 0.286. The molecule has 0 atom stereocenters. The summed E-state index contributed by atoms with van der Waals surface area (Å²) in [7, 11) is 1.55. The van der Waals surface area contributed by atoms with Gasteiger partial charge in [-0.1, -0.05) is 5.16 Å². The molecule has 0 saturated heterocycles. The summed E-state index contributed by atoms with van der Waals surface area (Å²) in [6, 6.07) is 5.75. The number of aromatic nitrogens is 1. The first-order valence-corrected chi connectivity index (χ1v) is 5.97. The number of carbonyl (C=O) groups excluding carboxylic acids is 1. The standard InChI is InChI=1S/C14H14FNO4/c1-9(17)10-3-4-14(13(15)5-10)19-7-11-6-12(8-18-2)20-16-11/h3-6H,7-8H2,1-2H3. The van der Waals surface area contributed by atoms with Crippen LogP contribution in [0.2, 0.25) is 0 Å². The molecule has 0 radical (unpaired) electrons. The number of ether oxygens (including phenoxy) is 2. The molecule has 5 nitrogen and oxygen atoms in total. The Bertz CT molecular complexity index is 609. The second-order valence-corrected chi connectivity index (χ2v) is 4.21. The largest absolute Gasteiger partial charge is 0.484 e. The molecule has 0 spiro atoms. The number of hydrogen-bond acceptors (Lipinski definition) is 5.